The number of thioether (sulfide) groups is 1. The zero-order valence-corrected chi connectivity index (χ0v) is 48.2. The molecular formula is C51H79N15O11S3. The number of benzene rings is 1. The summed E-state index contributed by atoms with van der Waals surface area (Å²) in [6.45, 7) is 6.08. The topological polar surface area (TPSA) is 433 Å². The highest BCUT2D eigenvalue weighted by Gasteiger charge is 2.44. The molecule has 1 aromatic carbocycles. The number of H-pyrrole nitrogens is 1. The number of aromatic amines is 1. The first kappa shape index (κ1) is 65.8. The predicted octanol–water partition coefficient (Wildman–Crippen LogP) is -2.25. The van der Waals surface area contributed by atoms with E-state index in [0.29, 0.717) is 25.0 Å². The standard InChI is InChI=1S/C51H79N15O11S3/c1-5-27(2)40(64-44(73)33(21-28-24-58-30-12-7-6-11-29(28)30)60-39(70)23-51(79)17-10-20-80-26-51)47(76)62-32(15-16-36(52)67)43(72)63-34(22-37(53)68)45(74)65-41(50(3,4)78)48(77)66-19-9-14-35(66)46(75)61-31(13-8-18-57-49(55)56)42(71)59-25-38(54)69/h6-7,11-12,24,27,31-35,40-41,58,78-79H,5,8-10,13-23,25-26H2,1-4H3,(H2,52,67)(H2,53,68)(H2,54,69)(H,59,71)(H,60,70)(H,61,75)(H,62,76)(H,63,72)(H,64,73)(H,65,74)(H4,55,56,57)/t27-,31-,32-,33-,34-,35-,40-,41+,51?/m0/s1. The Morgan fingerprint density at radius 1 is 0.812 bits per heavy atom. The summed E-state index contributed by atoms with van der Waals surface area (Å²) in [5.74, 6) is -8.30. The average molecular weight is 1170 g/mol. The van der Waals surface area contributed by atoms with Crippen molar-refractivity contribution < 1.29 is 52.7 Å². The molecule has 0 spiro atoms. The van der Waals surface area contributed by atoms with Crippen LogP contribution in [0.4, 0.5) is 0 Å². The number of guanidine groups is 1. The fraction of sp³-hybridized carbons (Fsp3) is 0.608. The van der Waals surface area contributed by atoms with Crippen LogP contribution in [0.25, 0.3) is 10.9 Å². The first-order valence-corrected chi connectivity index (χ1v) is 28.5. The van der Waals surface area contributed by atoms with Crippen LogP contribution in [-0.4, -0.2) is 164 Å². The van der Waals surface area contributed by atoms with Crippen LogP contribution in [0.5, 0.6) is 0 Å². The van der Waals surface area contributed by atoms with Crippen LogP contribution < -0.4 is 65.9 Å². The summed E-state index contributed by atoms with van der Waals surface area (Å²) in [7, 11) is 0. The van der Waals surface area contributed by atoms with Crippen molar-refractivity contribution in [2.45, 2.75) is 157 Å². The zero-order chi connectivity index (χ0) is 59.5. The fourth-order valence-electron chi connectivity index (χ4n) is 9.30. The molecule has 0 saturated carbocycles. The third-order valence-corrected chi connectivity index (χ3v) is 16.1. The molecule has 0 aliphatic carbocycles. The van der Waals surface area contributed by atoms with E-state index in [-0.39, 0.29) is 51.2 Å². The fourth-order valence-corrected chi connectivity index (χ4v) is 11.2. The number of amides is 11. The van der Waals surface area contributed by atoms with E-state index < -0.39 is 148 Å². The molecule has 2 aromatic rings. The monoisotopic (exact) mass is 1170 g/mol. The van der Waals surface area contributed by atoms with Gasteiger partial charge in [-0.3, -0.25) is 57.7 Å². The smallest absolute Gasteiger partial charge is 0.247 e. The first-order chi connectivity index (χ1) is 37.6. The second kappa shape index (κ2) is 30.7. The lowest BCUT2D eigenvalue weighted by Gasteiger charge is -2.36. The minimum absolute atomic E-state index is 0.0246. The highest BCUT2D eigenvalue weighted by atomic mass is 32.2. The summed E-state index contributed by atoms with van der Waals surface area (Å²) in [6.07, 6.45) is 2.81. The Balaban J connectivity index is 1.56. The molecule has 11 amide bonds. The van der Waals surface area contributed by atoms with Crippen molar-refractivity contribution in [3.8, 4) is 0 Å². The Bertz CT molecular complexity index is 2600. The van der Waals surface area contributed by atoms with Gasteiger partial charge in [-0.1, -0.05) is 38.5 Å². The summed E-state index contributed by atoms with van der Waals surface area (Å²) in [6, 6.07) is -2.37. The maximum absolute atomic E-state index is 14.5. The molecule has 2 aliphatic heterocycles. The largest absolute Gasteiger partial charge is 0.370 e. The van der Waals surface area contributed by atoms with Crippen molar-refractivity contribution in [3.05, 3.63) is 36.0 Å². The highest BCUT2D eigenvalue weighted by molar-refractivity contribution is 8.00. The van der Waals surface area contributed by atoms with Crippen molar-refractivity contribution >= 4 is 119 Å². The summed E-state index contributed by atoms with van der Waals surface area (Å²) in [5, 5.41) is 19.0. The van der Waals surface area contributed by atoms with Crippen LogP contribution in [0.2, 0.25) is 0 Å². The number of aromatic nitrogens is 1. The molecule has 0 bridgehead atoms. The molecule has 26 nitrogen and oxygen atoms in total. The number of carbonyl (C=O) groups is 11. The number of nitrogens with two attached hydrogens (primary N) is 5. The van der Waals surface area contributed by atoms with Crippen LogP contribution in [0.3, 0.4) is 0 Å². The second-order valence-corrected chi connectivity index (χ2v) is 24.1. The summed E-state index contributed by atoms with van der Waals surface area (Å²) in [4.78, 5) is 157. The van der Waals surface area contributed by atoms with Gasteiger partial charge in [-0.2, -0.15) is 37.0 Å². The molecular weight excluding hydrogens is 1090 g/mol. The van der Waals surface area contributed by atoms with Gasteiger partial charge in [0.2, 0.25) is 65.0 Å². The van der Waals surface area contributed by atoms with Crippen molar-refractivity contribution in [2.24, 2.45) is 39.6 Å². The van der Waals surface area contributed by atoms with Gasteiger partial charge in [-0.15, -0.1) is 0 Å². The minimum atomic E-state index is -1.79. The lowest BCUT2D eigenvalue weighted by atomic mass is 9.96. The molecule has 18 N–H and O–H groups in total. The number of carbonyl (C=O) groups excluding carboxylic acids is 11. The average Bonchev–Trinajstić information content (AvgIpc) is 4.11. The molecule has 80 heavy (non-hydrogen) atoms. The van der Waals surface area contributed by atoms with Crippen LogP contribution in [0, 0.1) is 5.92 Å². The first-order valence-electron chi connectivity index (χ1n) is 26.5. The molecule has 9 atom stereocenters. The molecule has 442 valence electrons. The maximum atomic E-state index is 14.5. The summed E-state index contributed by atoms with van der Waals surface area (Å²) in [5.41, 5.74) is 28.6. The van der Waals surface area contributed by atoms with E-state index in [1.54, 1.807) is 31.8 Å². The van der Waals surface area contributed by atoms with Gasteiger partial charge in [0.05, 0.1) is 13.0 Å². The van der Waals surface area contributed by atoms with Gasteiger partial charge in [0.25, 0.3) is 0 Å². The molecule has 2 aliphatic rings. The molecule has 2 fully saturated rings. The van der Waals surface area contributed by atoms with Gasteiger partial charge in [0, 0.05) is 64.7 Å². The van der Waals surface area contributed by atoms with E-state index in [2.05, 4.69) is 59.8 Å². The van der Waals surface area contributed by atoms with E-state index in [1.807, 2.05) is 24.3 Å². The Kier molecular flexibility index (Phi) is 25.3. The number of fused-ring (bicyclic) bond motifs is 1. The summed E-state index contributed by atoms with van der Waals surface area (Å²) >= 11 is 11.1. The number of aliphatic imine (C=N–C) groups is 1. The lowest BCUT2D eigenvalue weighted by Crippen LogP contribution is -2.63. The number of primary amides is 3. The van der Waals surface area contributed by atoms with Crippen molar-refractivity contribution in [3.63, 3.8) is 0 Å². The van der Waals surface area contributed by atoms with Crippen molar-refractivity contribution in [2.75, 3.05) is 31.1 Å². The highest BCUT2D eigenvalue weighted by Crippen LogP contribution is 2.35. The number of hydrogen-bond acceptors (Lipinski definition) is 15. The second-order valence-electron chi connectivity index (χ2n) is 20.9. The van der Waals surface area contributed by atoms with Crippen LogP contribution in [0.1, 0.15) is 104 Å². The number of hydrogen-bond donors (Lipinski definition) is 15. The summed E-state index contributed by atoms with van der Waals surface area (Å²) < 4.78 is -1.97. The maximum Gasteiger partial charge on any atom is 0.247 e. The number of thiol groups is 2. The van der Waals surface area contributed by atoms with Gasteiger partial charge < -0.3 is 75.8 Å². The lowest BCUT2D eigenvalue weighted by molar-refractivity contribution is -0.143. The SMILES string of the molecule is CC[C@H](C)[C@H](NC(=O)[C@H](Cc1c[nH]c2ccccc12)NC(=O)CC1(S)CCCSC1)C(=O)N[C@@H](CCC(N)=O)C(=O)N[C@@H](CC(N)=O)C(=O)N[C@H](C(=O)N1CCC[C@H]1C(=O)N[C@@H](CCCN=C(N)N)C(=O)NCC(N)=O)C(C)(C)S. The number of nitrogens with one attached hydrogen (secondary N) is 8. The third kappa shape index (κ3) is 20.4. The number of nitrogens with zero attached hydrogens (tertiary/aromatic N) is 2. The molecule has 3 heterocycles. The van der Waals surface area contributed by atoms with Gasteiger partial charge in [-0.05, 0) is 82.1 Å². The van der Waals surface area contributed by atoms with E-state index in [1.165, 1.54) is 18.7 Å². The Labute approximate surface area is 479 Å². The molecule has 4 rings (SSSR count). The van der Waals surface area contributed by atoms with Gasteiger partial charge >= 0.3 is 0 Å². The van der Waals surface area contributed by atoms with Gasteiger partial charge in [0.1, 0.15) is 42.3 Å². The molecule has 0 radical (unpaired) electrons. The van der Waals surface area contributed by atoms with Crippen LogP contribution in [-0.2, 0) is 59.2 Å². The van der Waals surface area contributed by atoms with E-state index in [9.17, 15) is 52.7 Å². The quantitative estimate of drug-likeness (QED) is 0.0164. The van der Waals surface area contributed by atoms with E-state index in [4.69, 9.17) is 41.3 Å². The molecule has 2 saturated heterocycles. The Morgan fingerprint density at radius 2 is 1.48 bits per heavy atom. The van der Waals surface area contributed by atoms with E-state index in [0.717, 1.165) is 28.6 Å². The van der Waals surface area contributed by atoms with E-state index >= 15 is 0 Å². The Morgan fingerprint density at radius 3 is 2.10 bits per heavy atom. The van der Waals surface area contributed by atoms with Crippen LogP contribution >= 0.6 is 37.0 Å². The normalized spacial score (nSPS) is 18.8. The predicted molar refractivity (Wildman–Crippen MR) is 308 cm³/mol. The number of rotatable bonds is 31. The zero-order valence-electron chi connectivity index (χ0n) is 45.6. The third-order valence-electron chi connectivity index (χ3n) is 13.8. The van der Waals surface area contributed by atoms with Crippen molar-refractivity contribution in [1.82, 2.24) is 47.1 Å². The van der Waals surface area contributed by atoms with Gasteiger partial charge in [0.15, 0.2) is 5.96 Å². The Hall–Kier alpha value is -6.75. The molecule has 1 unspecified atom stereocenters. The number of likely N-dealkylation sites (tertiary alicyclic amines) is 1. The van der Waals surface area contributed by atoms with Crippen molar-refractivity contribution in [1.29, 1.82) is 0 Å². The number of para-hydroxylation sites is 1. The molecule has 29 heteroatoms. The molecule has 1 aromatic heterocycles. The van der Waals surface area contributed by atoms with Gasteiger partial charge in [-0.25, -0.2) is 0 Å². The van der Waals surface area contributed by atoms with Crippen LogP contribution in [0.15, 0.2) is 35.5 Å². The minimum Gasteiger partial charge on any atom is -0.370 e.